The van der Waals surface area contributed by atoms with Crippen LogP contribution in [0.2, 0.25) is 0 Å². The van der Waals surface area contributed by atoms with Gasteiger partial charge in [0, 0.05) is 19.6 Å². The number of carbonyl (C=O) groups excluding carboxylic acids is 1. The van der Waals surface area contributed by atoms with Gasteiger partial charge in [-0.15, -0.1) is 0 Å². The monoisotopic (exact) mass is 263 g/mol. The van der Waals surface area contributed by atoms with Crippen LogP contribution >= 0.6 is 0 Å². The summed E-state index contributed by atoms with van der Waals surface area (Å²) in [7, 11) is 1.75. The van der Waals surface area contributed by atoms with E-state index in [1.807, 2.05) is 30.3 Å². The summed E-state index contributed by atoms with van der Waals surface area (Å²) in [6.07, 6.45) is -0.496. The molecule has 0 spiro atoms. The Morgan fingerprint density at radius 2 is 2.16 bits per heavy atom. The van der Waals surface area contributed by atoms with Crippen LogP contribution in [0.3, 0.4) is 0 Å². The van der Waals surface area contributed by atoms with Crippen LogP contribution in [-0.2, 0) is 11.3 Å². The fourth-order valence-corrected chi connectivity index (χ4v) is 2.39. The standard InChI is InChI=1S/C14H21N3O2/c1-15-9-14(19)17(12-7-16-8-13(12)18)10-11-5-3-2-4-6-11/h2-6,12-13,15-16,18H,7-10H2,1H3/t12-,13-/m1/s1. The van der Waals surface area contributed by atoms with Crippen molar-refractivity contribution in [1.29, 1.82) is 0 Å². The molecule has 0 aliphatic carbocycles. The lowest BCUT2D eigenvalue weighted by Gasteiger charge is -2.30. The highest BCUT2D eigenvalue weighted by Gasteiger charge is 2.33. The normalized spacial score (nSPS) is 22.4. The summed E-state index contributed by atoms with van der Waals surface area (Å²) in [5.74, 6) is 0.0131. The Morgan fingerprint density at radius 1 is 1.42 bits per heavy atom. The quantitative estimate of drug-likeness (QED) is 0.674. The van der Waals surface area contributed by atoms with Gasteiger partial charge in [-0.05, 0) is 12.6 Å². The van der Waals surface area contributed by atoms with Gasteiger partial charge in [0.15, 0.2) is 0 Å². The van der Waals surface area contributed by atoms with Crippen LogP contribution in [0.1, 0.15) is 5.56 Å². The molecule has 1 saturated heterocycles. The van der Waals surface area contributed by atoms with Crippen LogP contribution in [0.25, 0.3) is 0 Å². The van der Waals surface area contributed by atoms with E-state index in [1.54, 1.807) is 11.9 Å². The van der Waals surface area contributed by atoms with Crippen molar-refractivity contribution in [2.24, 2.45) is 0 Å². The van der Waals surface area contributed by atoms with Gasteiger partial charge in [0.1, 0.15) is 0 Å². The molecule has 5 heteroatoms. The third-order valence-corrected chi connectivity index (χ3v) is 3.40. The van der Waals surface area contributed by atoms with Crippen molar-refractivity contribution < 1.29 is 9.90 Å². The Labute approximate surface area is 113 Å². The molecule has 0 radical (unpaired) electrons. The summed E-state index contributed by atoms with van der Waals surface area (Å²) >= 11 is 0. The number of likely N-dealkylation sites (N-methyl/N-ethyl adjacent to an activating group) is 1. The first-order chi connectivity index (χ1) is 9.22. The molecule has 2 atom stereocenters. The number of benzene rings is 1. The summed E-state index contributed by atoms with van der Waals surface area (Å²) in [4.78, 5) is 14.0. The molecule has 5 nitrogen and oxygen atoms in total. The number of hydrogen-bond donors (Lipinski definition) is 3. The number of rotatable bonds is 5. The van der Waals surface area contributed by atoms with E-state index in [0.29, 0.717) is 19.6 Å². The predicted molar refractivity (Wildman–Crippen MR) is 73.6 cm³/mol. The maximum atomic E-state index is 12.2. The first-order valence-electron chi connectivity index (χ1n) is 6.59. The number of hydrogen-bond acceptors (Lipinski definition) is 4. The van der Waals surface area contributed by atoms with E-state index in [-0.39, 0.29) is 18.5 Å². The minimum atomic E-state index is -0.496. The number of aliphatic hydroxyl groups excluding tert-OH is 1. The lowest BCUT2D eigenvalue weighted by molar-refractivity contribution is -0.134. The number of aliphatic hydroxyl groups is 1. The highest BCUT2D eigenvalue weighted by Crippen LogP contribution is 2.14. The van der Waals surface area contributed by atoms with Crippen LogP contribution < -0.4 is 10.6 Å². The van der Waals surface area contributed by atoms with Gasteiger partial charge in [-0.1, -0.05) is 30.3 Å². The first kappa shape index (κ1) is 14.0. The Bertz CT molecular complexity index is 410. The SMILES string of the molecule is CNCC(=O)N(Cc1ccccc1)[C@@H]1CNC[C@H]1O. The van der Waals surface area contributed by atoms with Gasteiger partial charge in [0.05, 0.1) is 18.7 Å². The third-order valence-electron chi connectivity index (χ3n) is 3.40. The topological polar surface area (TPSA) is 64.6 Å². The molecule has 0 bridgehead atoms. The van der Waals surface area contributed by atoms with Crippen LogP contribution in [0.4, 0.5) is 0 Å². The van der Waals surface area contributed by atoms with E-state index in [9.17, 15) is 9.90 Å². The van der Waals surface area contributed by atoms with E-state index in [1.165, 1.54) is 0 Å². The van der Waals surface area contributed by atoms with E-state index in [0.717, 1.165) is 5.56 Å². The van der Waals surface area contributed by atoms with Crippen molar-refractivity contribution >= 4 is 5.91 Å². The van der Waals surface area contributed by atoms with Crippen molar-refractivity contribution in [1.82, 2.24) is 15.5 Å². The molecule has 2 rings (SSSR count). The zero-order chi connectivity index (χ0) is 13.7. The van der Waals surface area contributed by atoms with Gasteiger partial charge < -0.3 is 20.6 Å². The highest BCUT2D eigenvalue weighted by molar-refractivity contribution is 5.78. The number of amides is 1. The second kappa shape index (κ2) is 6.65. The summed E-state index contributed by atoms with van der Waals surface area (Å²) in [5, 5.41) is 16.0. The largest absolute Gasteiger partial charge is 0.390 e. The Morgan fingerprint density at radius 3 is 2.74 bits per heavy atom. The Kier molecular flexibility index (Phi) is 4.90. The molecular formula is C14H21N3O2. The van der Waals surface area contributed by atoms with Crippen molar-refractivity contribution in [3.8, 4) is 0 Å². The van der Waals surface area contributed by atoms with E-state index >= 15 is 0 Å². The fraction of sp³-hybridized carbons (Fsp3) is 0.500. The Hall–Kier alpha value is -1.43. The molecule has 1 aromatic carbocycles. The van der Waals surface area contributed by atoms with Gasteiger partial charge in [-0.25, -0.2) is 0 Å². The van der Waals surface area contributed by atoms with Crippen LogP contribution in [0.15, 0.2) is 30.3 Å². The van der Waals surface area contributed by atoms with Crippen LogP contribution in [0.5, 0.6) is 0 Å². The molecule has 104 valence electrons. The van der Waals surface area contributed by atoms with Crippen LogP contribution in [0, 0.1) is 0 Å². The van der Waals surface area contributed by atoms with Gasteiger partial charge >= 0.3 is 0 Å². The van der Waals surface area contributed by atoms with Crippen molar-refractivity contribution in [3.63, 3.8) is 0 Å². The smallest absolute Gasteiger partial charge is 0.237 e. The molecular weight excluding hydrogens is 242 g/mol. The molecule has 1 fully saturated rings. The molecule has 1 aliphatic rings. The number of carbonyl (C=O) groups is 1. The van der Waals surface area contributed by atoms with Crippen LogP contribution in [-0.4, -0.2) is 54.7 Å². The number of nitrogens with zero attached hydrogens (tertiary/aromatic N) is 1. The van der Waals surface area contributed by atoms with Gasteiger partial charge in [0.25, 0.3) is 0 Å². The van der Waals surface area contributed by atoms with E-state index in [2.05, 4.69) is 10.6 Å². The molecule has 3 N–H and O–H groups in total. The first-order valence-corrected chi connectivity index (χ1v) is 6.59. The zero-order valence-corrected chi connectivity index (χ0v) is 11.2. The predicted octanol–water partition coefficient (Wildman–Crippen LogP) is -0.433. The lowest BCUT2D eigenvalue weighted by Crippen LogP contribution is -2.48. The van der Waals surface area contributed by atoms with E-state index in [4.69, 9.17) is 0 Å². The number of nitrogens with one attached hydrogen (secondary N) is 2. The number of β-amino-alcohol motifs (C(OH)–C–C–N with tert-alkyl or cyclic N) is 1. The highest BCUT2D eigenvalue weighted by atomic mass is 16.3. The summed E-state index contributed by atoms with van der Waals surface area (Å²) < 4.78 is 0. The molecule has 0 aromatic heterocycles. The second-order valence-corrected chi connectivity index (χ2v) is 4.83. The molecule has 1 aromatic rings. The second-order valence-electron chi connectivity index (χ2n) is 4.83. The molecule has 19 heavy (non-hydrogen) atoms. The molecule has 0 unspecified atom stereocenters. The van der Waals surface area contributed by atoms with Crippen molar-refractivity contribution in [2.45, 2.75) is 18.7 Å². The summed E-state index contributed by atoms with van der Waals surface area (Å²) in [6.45, 7) is 2.01. The summed E-state index contributed by atoms with van der Waals surface area (Å²) in [6, 6.07) is 9.71. The van der Waals surface area contributed by atoms with Gasteiger partial charge in [-0.3, -0.25) is 4.79 Å². The molecule has 1 amide bonds. The minimum Gasteiger partial charge on any atom is -0.390 e. The third kappa shape index (κ3) is 3.53. The average Bonchev–Trinajstić information content (AvgIpc) is 2.83. The van der Waals surface area contributed by atoms with Crippen molar-refractivity contribution in [3.05, 3.63) is 35.9 Å². The summed E-state index contributed by atoms with van der Waals surface area (Å²) in [5.41, 5.74) is 1.08. The Balaban J connectivity index is 2.12. The molecule has 1 heterocycles. The fourth-order valence-electron chi connectivity index (χ4n) is 2.39. The minimum absolute atomic E-state index is 0.0131. The van der Waals surface area contributed by atoms with Gasteiger partial charge in [0.2, 0.25) is 5.91 Å². The maximum Gasteiger partial charge on any atom is 0.237 e. The van der Waals surface area contributed by atoms with Gasteiger partial charge in [-0.2, -0.15) is 0 Å². The molecule has 1 aliphatic heterocycles. The lowest BCUT2D eigenvalue weighted by atomic mass is 10.1. The maximum absolute atomic E-state index is 12.2. The van der Waals surface area contributed by atoms with E-state index < -0.39 is 6.10 Å². The van der Waals surface area contributed by atoms with Crippen molar-refractivity contribution in [2.75, 3.05) is 26.7 Å². The molecule has 0 saturated carbocycles. The average molecular weight is 263 g/mol. The zero-order valence-electron chi connectivity index (χ0n) is 11.2.